The average molecular weight is 203 g/mol. The van der Waals surface area contributed by atoms with Crippen LogP contribution >= 0.6 is 0 Å². The van der Waals surface area contributed by atoms with Crippen molar-refractivity contribution in [2.45, 2.75) is 20.0 Å². The molecule has 0 aliphatic heterocycles. The number of aliphatic hydroxyl groups excluding tert-OH is 1. The Morgan fingerprint density at radius 1 is 1.33 bits per heavy atom. The Bertz CT molecular complexity index is 448. The van der Waals surface area contributed by atoms with E-state index >= 15 is 0 Å². The van der Waals surface area contributed by atoms with Crippen LogP contribution < -0.4 is 0 Å². The maximum atomic E-state index is 8.89. The van der Waals surface area contributed by atoms with Gasteiger partial charge in [0.15, 0.2) is 5.76 Å². The van der Waals surface area contributed by atoms with E-state index in [-0.39, 0.29) is 6.61 Å². The summed E-state index contributed by atoms with van der Waals surface area (Å²) in [7, 11) is 0. The van der Waals surface area contributed by atoms with Gasteiger partial charge in [-0.3, -0.25) is 0 Å². The van der Waals surface area contributed by atoms with Gasteiger partial charge in [0.25, 0.3) is 0 Å². The zero-order chi connectivity index (χ0) is 10.7. The number of aryl methyl sites for hydroxylation is 1. The molecule has 0 spiro atoms. The molecule has 0 aliphatic rings. The van der Waals surface area contributed by atoms with Crippen molar-refractivity contribution in [3.8, 4) is 11.3 Å². The summed E-state index contributed by atoms with van der Waals surface area (Å²) in [6.07, 6.45) is 0.956. The van der Waals surface area contributed by atoms with Crippen LogP contribution in [0.15, 0.2) is 34.9 Å². The highest BCUT2D eigenvalue weighted by atomic mass is 16.5. The van der Waals surface area contributed by atoms with Crippen molar-refractivity contribution in [1.29, 1.82) is 0 Å². The van der Waals surface area contributed by atoms with Crippen LogP contribution in [0, 0.1) is 0 Å². The molecule has 0 radical (unpaired) electrons. The molecule has 0 saturated heterocycles. The molecule has 0 aliphatic carbocycles. The Labute approximate surface area is 88.3 Å². The third kappa shape index (κ3) is 1.92. The summed E-state index contributed by atoms with van der Waals surface area (Å²) in [4.78, 5) is 0. The smallest absolute Gasteiger partial charge is 0.162 e. The molecule has 78 valence electrons. The lowest BCUT2D eigenvalue weighted by molar-refractivity contribution is 0.229. The minimum atomic E-state index is -0.110. The largest absolute Gasteiger partial charge is 0.388 e. The van der Waals surface area contributed by atoms with E-state index < -0.39 is 0 Å². The van der Waals surface area contributed by atoms with Gasteiger partial charge in [-0.05, 0) is 12.0 Å². The van der Waals surface area contributed by atoms with Gasteiger partial charge in [-0.25, -0.2) is 0 Å². The highest BCUT2D eigenvalue weighted by molar-refractivity contribution is 5.63. The Morgan fingerprint density at radius 3 is 2.80 bits per heavy atom. The van der Waals surface area contributed by atoms with Crippen LogP contribution in [0.3, 0.4) is 0 Å². The van der Waals surface area contributed by atoms with Crippen molar-refractivity contribution in [3.05, 3.63) is 41.7 Å². The van der Waals surface area contributed by atoms with Crippen LogP contribution in [0.25, 0.3) is 11.3 Å². The predicted octanol–water partition coefficient (Wildman–Crippen LogP) is 2.40. The first kappa shape index (κ1) is 9.93. The highest BCUT2D eigenvalue weighted by Crippen LogP contribution is 2.23. The summed E-state index contributed by atoms with van der Waals surface area (Å²) >= 11 is 0. The summed E-state index contributed by atoms with van der Waals surface area (Å²) < 4.78 is 4.97. The number of hydrogen-bond donors (Lipinski definition) is 1. The van der Waals surface area contributed by atoms with E-state index in [9.17, 15) is 0 Å². The fourth-order valence-corrected chi connectivity index (χ4v) is 1.59. The molecule has 1 aromatic heterocycles. The number of rotatable bonds is 3. The molecule has 1 heterocycles. The van der Waals surface area contributed by atoms with E-state index in [1.54, 1.807) is 6.07 Å². The highest BCUT2D eigenvalue weighted by Gasteiger charge is 2.08. The van der Waals surface area contributed by atoms with E-state index in [0.717, 1.165) is 17.7 Å². The molecule has 0 bridgehead atoms. The molecular weight excluding hydrogens is 190 g/mol. The lowest BCUT2D eigenvalue weighted by Crippen LogP contribution is -1.86. The van der Waals surface area contributed by atoms with Gasteiger partial charge in [0.2, 0.25) is 0 Å². The Hall–Kier alpha value is -1.61. The topological polar surface area (TPSA) is 46.3 Å². The molecule has 0 fully saturated rings. The van der Waals surface area contributed by atoms with Crippen LogP contribution in [0.4, 0.5) is 0 Å². The standard InChI is InChI=1S/C12H13NO2/c1-2-9-5-3-4-6-11(9)12-7-10(8-14)15-13-12/h3-7,14H,2,8H2,1H3. The third-order valence-corrected chi connectivity index (χ3v) is 2.39. The van der Waals surface area contributed by atoms with Gasteiger partial charge in [0, 0.05) is 11.6 Å². The van der Waals surface area contributed by atoms with E-state index in [1.165, 1.54) is 5.56 Å². The van der Waals surface area contributed by atoms with Crippen molar-refractivity contribution in [1.82, 2.24) is 5.16 Å². The fraction of sp³-hybridized carbons (Fsp3) is 0.250. The molecule has 15 heavy (non-hydrogen) atoms. The van der Waals surface area contributed by atoms with Gasteiger partial charge < -0.3 is 9.63 Å². The SMILES string of the molecule is CCc1ccccc1-c1cc(CO)on1. The number of benzene rings is 1. The van der Waals surface area contributed by atoms with E-state index in [2.05, 4.69) is 18.1 Å². The van der Waals surface area contributed by atoms with Crippen LogP contribution in [-0.4, -0.2) is 10.3 Å². The molecule has 1 aromatic carbocycles. The molecule has 1 N–H and O–H groups in total. The zero-order valence-electron chi connectivity index (χ0n) is 8.60. The normalized spacial score (nSPS) is 10.5. The third-order valence-electron chi connectivity index (χ3n) is 2.39. The first-order valence-corrected chi connectivity index (χ1v) is 5.00. The fourth-order valence-electron chi connectivity index (χ4n) is 1.59. The summed E-state index contributed by atoms with van der Waals surface area (Å²) in [5, 5.41) is 12.8. The van der Waals surface area contributed by atoms with Crippen LogP contribution in [0.5, 0.6) is 0 Å². The predicted molar refractivity (Wildman–Crippen MR) is 57.2 cm³/mol. The average Bonchev–Trinajstić information content (AvgIpc) is 2.77. The van der Waals surface area contributed by atoms with Crippen molar-refractivity contribution < 1.29 is 9.63 Å². The minimum Gasteiger partial charge on any atom is -0.388 e. The van der Waals surface area contributed by atoms with Crippen molar-refractivity contribution >= 4 is 0 Å². The van der Waals surface area contributed by atoms with Gasteiger partial charge >= 0.3 is 0 Å². The lowest BCUT2D eigenvalue weighted by atomic mass is 10.0. The van der Waals surface area contributed by atoms with Gasteiger partial charge in [0.1, 0.15) is 12.3 Å². The van der Waals surface area contributed by atoms with Crippen LogP contribution in [0.2, 0.25) is 0 Å². The maximum Gasteiger partial charge on any atom is 0.162 e. The number of hydrogen-bond acceptors (Lipinski definition) is 3. The molecule has 2 rings (SSSR count). The summed E-state index contributed by atoms with van der Waals surface area (Å²) in [6.45, 7) is 1.99. The van der Waals surface area contributed by atoms with Crippen molar-refractivity contribution in [2.24, 2.45) is 0 Å². The molecule has 0 atom stereocenters. The Morgan fingerprint density at radius 2 is 2.13 bits per heavy atom. The Kier molecular flexibility index (Phi) is 2.83. The van der Waals surface area contributed by atoms with Gasteiger partial charge in [-0.1, -0.05) is 36.3 Å². The molecule has 0 amide bonds. The summed E-state index contributed by atoms with van der Waals surface area (Å²) in [5.74, 6) is 0.496. The first-order valence-electron chi connectivity index (χ1n) is 5.00. The molecule has 2 aromatic rings. The minimum absolute atomic E-state index is 0.110. The second-order valence-electron chi connectivity index (χ2n) is 3.35. The van der Waals surface area contributed by atoms with E-state index in [4.69, 9.17) is 9.63 Å². The van der Waals surface area contributed by atoms with Crippen molar-refractivity contribution in [2.75, 3.05) is 0 Å². The number of nitrogens with zero attached hydrogens (tertiary/aromatic N) is 1. The van der Waals surface area contributed by atoms with E-state index in [1.807, 2.05) is 18.2 Å². The maximum absolute atomic E-state index is 8.89. The monoisotopic (exact) mass is 203 g/mol. The Balaban J connectivity index is 2.44. The number of aliphatic hydroxyl groups is 1. The quantitative estimate of drug-likeness (QED) is 0.833. The molecule has 3 heteroatoms. The lowest BCUT2D eigenvalue weighted by Gasteiger charge is -2.02. The second-order valence-corrected chi connectivity index (χ2v) is 3.35. The number of aromatic nitrogens is 1. The van der Waals surface area contributed by atoms with Gasteiger partial charge in [0.05, 0.1) is 0 Å². The second kappa shape index (κ2) is 4.28. The van der Waals surface area contributed by atoms with Gasteiger partial charge in [-0.2, -0.15) is 0 Å². The van der Waals surface area contributed by atoms with Crippen LogP contribution in [0.1, 0.15) is 18.2 Å². The van der Waals surface area contributed by atoms with Crippen molar-refractivity contribution in [3.63, 3.8) is 0 Å². The summed E-state index contributed by atoms with van der Waals surface area (Å²) in [5.41, 5.74) is 3.09. The molecular formula is C12H13NO2. The van der Waals surface area contributed by atoms with E-state index in [0.29, 0.717) is 5.76 Å². The molecule has 0 saturated carbocycles. The molecule has 3 nitrogen and oxygen atoms in total. The van der Waals surface area contributed by atoms with Crippen LogP contribution in [-0.2, 0) is 13.0 Å². The first-order chi connectivity index (χ1) is 7.35. The summed E-state index contributed by atoms with van der Waals surface area (Å²) in [6, 6.07) is 9.84. The molecule has 0 unspecified atom stereocenters. The zero-order valence-corrected chi connectivity index (χ0v) is 8.60. The van der Waals surface area contributed by atoms with Gasteiger partial charge in [-0.15, -0.1) is 0 Å².